The molecule has 2 heterocycles. The molecule has 0 radical (unpaired) electrons. The SMILES string of the molecule is COC(=O)CC[C@H](NC(=O)c1ccc(NCC2CNc3nc(N)[nH]c(=O)c3N2)cc1)C(=O)O. The van der Waals surface area contributed by atoms with Crippen LogP contribution in [0.1, 0.15) is 23.2 Å². The van der Waals surface area contributed by atoms with Gasteiger partial charge in [0.1, 0.15) is 11.7 Å². The molecule has 13 nitrogen and oxygen atoms in total. The van der Waals surface area contributed by atoms with E-state index in [0.29, 0.717) is 24.6 Å². The molecule has 33 heavy (non-hydrogen) atoms. The zero-order valence-electron chi connectivity index (χ0n) is 17.8. The number of anilines is 4. The number of rotatable bonds is 9. The second-order valence-electron chi connectivity index (χ2n) is 7.33. The predicted molar refractivity (Wildman–Crippen MR) is 120 cm³/mol. The van der Waals surface area contributed by atoms with Crippen LogP contribution in [0.25, 0.3) is 0 Å². The number of fused-ring (bicyclic) bond motifs is 1. The highest BCUT2D eigenvalue weighted by Gasteiger charge is 2.23. The topological polar surface area (TPSA) is 201 Å². The Morgan fingerprint density at radius 3 is 2.70 bits per heavy atom. The molecule has 0 saturated heterocycles. The van der Waals surface area contributed by atoms with Gasteiger partial charge in [0.2, 0.25) is 5.95 Å². The summed E-state index contributed by atoms with van der Waals surface area (Å²) in [6.45, 7) is 0.981. The van der Waals surface area contributed by atoms with Crippen molar-refractivity contribution >= 4 is 41.0 Å². The van der Waals surface area contributed by atoms with Crippen molar-refractivity contribution in [2.45, 2.75) is 24.9 Å². The van der Waals surface area contributed by atoms with Crippen molar-refractivity contribution in [2.24, 2.45) is 0 Å². The molecule has 176 valence electrons. The number of aromatic amines is 1. The lowest BCUT2D eigenvalue weighted by molar-refractivity contribution is -0.142. The molecule has 1 unspecified atom stereocenters. The van der Waals surface area contributed by atoms with Crippen LogP contribution < -0.4 is 32.6 Å². The molecule has 0 saturated carbocycles. The Morgan fingerprint density at radius 1 is 1.30 bits per heavy atom. The van der Waals surface area contributed by atoms with Gasteiger partial charge >= 0.3 is 11.9 Å². The summed E-state index contributed by atoms with van der Waals surface area (Å²) in [5.41, 5.74) is 6.48. The summed E-state index contributed by atoms with van der Waals surface area (Å²) in [6.07, 6.45) is -0.204. The Morgan fingerprint density at radius 2 is 2.03 bits per heavy atom. The third-order valence-corrected chi connectivity index (χ3v) is 4.97. The van der Waals surface area contributed by atoms with Crippen molar-refractivity contribution in [1.82, 2.24) is 15.3 Å². The maximum atomic E-state index is 12.4. The van der Waals surface area contributed by atoms with E-state index in [0.717, 1.165) is 5.69 Å². The number of nitrogens with two attached hydrogens (primary N) is 1. The number of aliphatic carboxylic acids is 1. The average Bonchev–Trinajstić information content (AvgIpc) is 2.80. The Kier molecular flexibility index (Phi) is 7.33. The fourth-order valence-electron chi connectivity index (χ4n) is 3.19. The maximum absolute atomic E-state index is 12.4. The summed E-state index contributed by atoms with van der Waals surface area (Å²) < 4.78 is 4.49. The number of nitrogens with one attached hydrogen (secondary N) is 5. The van der Waals surface area contributed by atoms with Crippen LogP contribution in [0, 0.1) is 0 Å². The minimum Gasteiger partial charge on any atom is -0.480 e. The highest BCUT2D eigenvalue weighted by molar-refractivity contribution is 5.97. The first-order valence-electron chi connectivity index (χ1n) is 10.1. The third-order valence-electron chi connectivity index (χ3n) is 4.97. The van der Waals surface area contributed by atoms with Crippen molar-refractivity contribution in [3.63, 3.8) is 0 Å². The number of esters is 1. The molecule has 13 heteroatoms. The van der Waals surface area contributed by atoms with Gasteiger partial charge in [0.15, 0.2) is 5.82 Å². The number of benzene rings is 1. The summed E-state index contributed by atoms with van der Waals surface area (Å²) in [4.78, 5) is 53.5. The second-order valence-corrected chi connectivity index (χ2v) is 7.33. The van der Waals surface area contributed by atoms with Gasteiger partial charge in [0.05, 0.1) is 13.2 Å². The molecular weight excluding hydrogens is 434 g/mol. The Labute approximate surface area is 188 Å². The van der Waals surface area contributed by atoms with Gasteiger partial charge in [0.25, 0.3) is 11.5 Å². The molecule has 0 spiro atoms. The Bertz CT molecular complexity index is 1090. The largest absolute Gasteiger partial charge is 0.480 e. The van der Waals surface area contributed by atoms with Crippen molar-refractivity contribution in [1.29, 1.82) is 0 Å². The lowest BCUT2D eigenvalue weighted by atomic mass is 10.1. The molecule has 1 aliphatic heterocycles. The van der Waals surface area contributed by atoms with Crippen molar-refractivity contribution < 1.29 is 24.2 Å². The number of ether oxygens (including phenoxy) is 1. The number of carbonyl (C=O) groups excluding carboxylic acids is 2. The normalized spacial score (nSPS) is 15.2. The van der Waals surface area contributed by atoms with E-state index in [4.69, 9.17) is 5.73 Å². The number of aromatic nitrogens is 2. The molecule has 0 bridgehead atoms. The van der Waals surface area contributed by atoms with Crippen molar-refractivity contribution in [3.05, 3.63) is 40.2 Å². The average molecular weight is 459 g/mol. The number of hydrogen-bond acceptors (Lipinski definition) is 10. The first-order valence-corrected chi connectivity index (χ1v) is 10.1. The minimum atomic E-state index is -1.24. The Hall–Kier alpha value is -4.29. The van der Waals surface area contributed by atoms with Gasteiger partial charge < -0.3 is 36.8 Å². The van der Waals surface area contributed by atoms with Crippen LogP contribution in [0.5, 0.6) is 0 Å². The van der Waals surface area contributed by atoms with E-state index in [2.05, 4.69) is 36.0 Å². The van der Waals surface area contributed by atoms with Crippen molar-refractivity contribution in [2.75, 3.05) is 41.9 Å². The van der Waals surface area contributed by atoms with Crippen molar-refractivity contribution in [3.8, 4) is 0 Å². The number of nitrogen functional groups attached to an aromatic ring is 1. The number of carboxylic acids is 1. The van der Waals surface area contributed by atoms with Crippen LogP contribution in [0.3, 0.4) is 0 Å². The van der Waals surface area contributed by atoms with Gasteiger partial charge in [-0.1, -0.05) is 0 Å². The predicted octanol–water partition coefficient (Wildman–Crippen LogP) is -0.194. The number of carboxylic acid groups (broad SMARTS) is 1. The van der Waals surface area contributed by atoms with E-state index < -0.39 is 23.9 Å². The quantitative estimate of drug-likeness (QED) is 0.245. The van der Waals surface area contributed by atoms with Crippen LogP contribution in [0.2, 0.25) is 0 Å². The lowest BCUT2D eigenvalue weighted by Gasteiger charge is -2.27. The van der Waals surface area contributed by atoms with E-state index in [-0.39, 0.29) is 36.0 Å². The number of H-pyrrole nitrogens is 1. The standard InChI is InChI=1S/C20H25N7O6/c1-33-14(28)7-6-13(19(31)32)25-17(29)10-2-4-11(5-3-10)22-8-12-9-23-16-15(24-12)18(30)27-20(21)26-16/h2-5,12-13,22,24H,6-9H2,1H3,(H,25,29)(H,31,32)(H4,21,23,26,27,30)/t12?,13-/m0/s1. The van der Waals surface area contributed by atoms with E-state index in [1.165, 1.54) is 7.11 Å². The number of nitrogens with zero attached hydrogens (tertiary/aromatic N) is 1. The van der Waals surface area contributed by atoms with Gasteiger partial charge in [-0.2, -0.15) is 4.98 Å². The number of methoxy groups -OCH3 is 1. The molecule has 1 amide bonds. The summed E-state index contributed by atoms with van der Waals surface area (Å²) in [7, 11) is 1.21. The lowest BCUT2D eigenvalue weighted by Crippen LogP contribution is -2.41. The van der Waals surface area contributed by atoms with Gasteiger partial charge in [-0.3, -0.25) is 19.4 Å². The van der Waals surface area contributed by atoms with E-state index in [1.807, 2.05) is 0 Å². The first kappa shape index (κ1) is 23.4. The van der Waals surface area contributed by atoms with Crippen LogP contribution in [0.15, 0.2) is 29.1 Å². The number of amides is 1. The van der Waals surface area contributed by atoms with Crippen LogP contribution >= 0.6 is 0 Å². The van der Waals surface area contributed by atoms with Gasteiger partial charge in [0, 0.05) is 30.8 Å². The fraction of sp³-hybridized carbons (Fsp3) is 0.350. The molecule has 1 aromatic carbocycles. The Balaban J connectivity index is 1.53. The maximum Gasteiger partial charge on any atom is 0.326 e. The highest BCUT2D eigenvalue weighted by Crippen LogP contribution is 2.20. The van der Waals surface area contributed by atoms with Crippen LogP contribution in [-0.4, -0.2) is 65.2 Å². The highest BCUT2D eigenvalue weighted by atomic mass is 16.5. The van der Waals surface area contributed by atoms with E-state index in [9.17, 15) is 24.3 Å². The van der Waals surface area contributed by atoms with Gasteiger partial charge in [-0.15, -0.1) is 0 Å². The van der Waals surface area contributed by atoms with E-state index >= 15 is 0 Å². The molecule has 0 aliphatic carbocycles. The molecule has 8 N–H and O–H groups in total. The van der Waals surface area contributed by atoms with Gasteiger partial charge in [-0.25, -0.2) is 4.79 Å². The monoisotopic (exact) mass is 459 g/mol. The first-order chi connectivity index (χ1) is 15.8. The van der Waals surface area contributed by atoms with Crippen LogP contribution in [0.4, 0.5) is 23.1 Å². The molecule has 1 aromatic heterocycles. The summed E-state index contributed by atoms with van der Waals surface area (Å²) in [5, 5.41) is 21.0. The second kappa shape index (κ2) is 10.3. The van der Waals surface area contributed by atoms with E-state index in [1.54, 1.807) is 24.3 Å². The third kappa shape index (κ3) is 6.12. The summed E-state index contributed by atoms with van der Waals surface area (Å²) >= 11 is 0. The summed E-state index contributed by atoms with van der Waals surface area (Å²) in [6, 6.07) is 5.14. The molecule has 2 atom stereocenters. The van der Waals surface area contributed by atoms with Gasteiger partial charge in [-0.05, 0) is 30.7 Å². The molecule has 3 rings (SSSR count). The fourth-order valence-corrected chi connectivity index (χ4v) is 3.19. The number of carbonyl (C=O) groups is 3. The molecule has 0 fully saturated rings. The number of hydrogen-bond donors (Lipinski definition) is 7. The molecule has 2 aromatic rings. The molecule has 1 aliphatic rings. The zero-order valence-corrected chi connectivity index (χ0v) is 17.8. The molecular formula is C20H25N7O6. The smallest absolute Gasteiger partial charge is 0.326 e. The minimum absolute atomic E-state index is 0.0342. The van der Waals surface area contributed by atoms with Crippen LogP contribution in [-0.2, 0) is 14.3 Å². The zero-order chi connectivity index (χ0) is 24.0. The summed E-state index contributed by atoms with van der Waals surface area (Å²) in [5.74, 6) is -1.93.